The van der Waals surface area contributed by atoms with Crippen molar-refractivity contribution >= 4 is 17.6 Å². The van der Waals surface area contributed by atoms with Crippen LogP contribution in [0, 0.1) is 0 Å². The largest absolute Gasteiger partial charge is 0.466 e. The van der Waals surface area contributed by atoms with Gasteiger partial charge in [0.1, 0.15) is 0 Å². The Morgan fingerprint density at radius 3 is 2.78 bits per heavy atom. The molecular formula is C13H16ClNO3. The average molecular weight is 270 g/mol. The molecule has 1 saturated heterocycles. The van der Waals surface area contributed by atoms with Crippen molar-refractivity contribution in [3.63, 3.8) is 0 Å². The molecule has 5 heteroatoms. The molecule has 0 unspecified atom stereocenters. The Hall–Kier alpha value is -1.10. The summed E-state index contributed by atoms with van der Waals surface area (Å²) < 4.78 is 10.0. The predicted octanol–water partition coefficient (Wildman–Crippen LogP) is 1.63. The maximum atomic E-state index is 11.4. The highest BCUT2D eigenvalue weighted by Crippen LogP contribution is 2.32. The SMILES string of the molecule is CCOC(=O)Cc1ccc(C2(N)COC2)c(Cl)c1. The molecule has 1 heterocycles. The molecule has 1 aliphatic heterocycles. The molecule has 0 saturated carbocycles. The van der Waals surface area contributed by atoms with E-state index < -0.39 is 5.54 Å². The second-order valence-electron chi connectivity index (χ2n) is 4.44. The number of nitrogens with two attached hydrogens (primary N) is 1. The number of hydrogen-bond acceptors (Lipinski definition) is 4. The van der Waals surface area contributed by atoms with Crippen LogP contribution in [0.4, 0.5) is 0 Å². The Labute approximate surface area is 111 Å². The molecule has 98 valence electrons. The zero-order valence-electron chi connectivity index (χ0n) is 10.2. The normalized spacial score (nSPS) is 17.1. The lowest BCUT2D eigenvalue weighted by Gasteiger charge is -2.38. The Morgan fingerprint density at radius 1 is 1.56 bits per heavy atom. The molecule has 0 spiro atoms. The topological polar surface area (TPSA) is 61.5 Å². The van der Waals surface area contributed by atoms with Gasteiger partial charge in [0.2, 0.25) is 0 Å². The molecule has 18 heavy (non-hydrogen) atoms. The highest BCUT2D eigenvalue weighted by atomic mass is 35.5. The third kappa shape index (κ3) is 2.66. The maximum absolute atomic E-state index is 11.4. The third-order valence-electron chi connectivity index (χ3n) is 2.94. The number of rotatable bonds is 4. The van der Waals surface area contributed by atoms with Gasteiger partial charge in [-0.25, -0.2) is 0 Å². The minimum Gasteiger partial charge on any atom is -0.466 e. The van der Waals surface area contributed by atoms with E-state index in [-0.39, 0.29) is 12.4 Å². The monoisotopic (exact) mass is 269 g/mol. The van der Waals surface area contributed by atoms with Crippen LogP contribution < -0.4 is 5.73 Å². The molecule has 0 aliphatic carbocycles. The zero-order valence-corrected chi connectivity index (χ0v) is 11.0. The second-order valence-corrected chi connectivity index (χ2v) is 4.85. The molecule has 2 N–H and O–H groups in total. The van der Waals surface area contributed by atoms with Crippen molar-refractivity contribution in [1.82, 2.24) is 0 Å². The highest BCUT2D eigenvalue weighted by molar-refractivity contribution is 6.31. The fraction of sp³-hybridized carbons (Fsp3) is 0.462. The molecule has 0 atom stereocenters. The van der Waals surface area contributed by atoms with Gasteiger partial charge in [0.15, 0.2) is 0 Å². The molecule has 2 rings (SSSR count). The number of carbonyl (C=O) groups is 1. The van der Waals surface area contributed by atoms with Gasteiger partial charge in [0, 0.05) is 5.02 Å². The van der Waals surface area contributed by atoms with E-state index in [1.807, 2.05) is 12.1 Å². The van der Waals surface area contributed by atoms with Gasteiger partial charge in [-0.15, -0.1) is 0 Å². The van der Waals surface area contributed by atoms with Gasteiger partial charge in [-0.2, -0.15) is 0 Å². The van der Waals surface area contributed by atoms with E-state index in [1.54, 1.807) is 13.0 Å². The first-order valence-electron chi connectivity index (χ1n) is 5.86. The molecule has 1 aliphatic rings. The van der Waals surface area contributed by atoms with Gasteiger partial charge in [-0.05, 0) is 24.1 Å². The van der Waals surface area contributed by atoms with Crippen molar-refractivity contribution in [3.05, 3.63) is 34.3 Å². The second kappa shape index (κ2) is 5.26. The van der Waals surface area contributed by atoms with Gasteiger partial charge < -0.3 is 15.2 Å². The number of carbonyl (C=O) groups excluding carboxylic acids is 1. The van der Waals surface area contributed by atoms with E-state index >= 15 is 0 Å². The summed E-state index contributed by atoms with van der Waals surface area (Å²) in [5, 5.41) is 0.572. The van der Waals surface area contributed by atoms with E-state index in [2.05, 4.69) is 0 Å². The number of hydrogen-bond donors (Lipinski definition) is 1. The number of halogens is 1. The molecule has 0 aromatic heterocycles. The fourth-order valence-corrected chi connectivity index (χ4v) is 2.32. The van der Waals surface area contributed by atoms with Gasteiger partial charge >= 0.3 is 5.97 Å². The van der Waals surface area contributed by atoms with Gasteiger partial charge in [-0.3, -0.25) is 4.79 Å². The lowest BCUT2D eigenvalue weighted by atomic mass is 9.88. The smallest absolute Gasteiger partial charge is 0.310 e. The minimum absolute atomic E-state index is 0.224. The van der Waals surface area contributed by atoms with Crippen LogP contribution >= 0.6 is 11.6 Å². The summed E-state index contributed by atoms with van der Waals surface area (Å²) in [4.78, 5) is 11.4. The van der Waals surface area contributed by atoms with Crippen LogP contribution in [0.5, 0.6) is 0 Å². The van der Waals surface area contributed by atoms with Gasteiger partial charge in [0.05, 0.1) is 31.8 Å². The summed E-state index contributed by atoms with van der Waals surface area (Å²) >= 11 is 6.20. The van der Waals surface area contributed by atoms with Crippen LogP contribution in [0.3, 0.4) is 0 Å². The first-order valence-corrected chi connectivity index (χ1v) is 6.24. The maximum Gasteiger partial charge on any atom is 0.310 e. The third-order valence-corrected chi connectivity index (χ3v) is 3.26. The number of benzene rings is 1. The summed E-state index contributed by atoms with van der Waals surface area (Å²) in [5.74, 6) is -0.254. The zero-order chi connectivity index (χ0) is 13.2. The van der Waals surface area contributed by atoms with E-state index in [1.165, 1.54) is 0 Å². The summed E-state index contributed by atoms with van der Waals surface area (Å²) in [5.41, 5.74) is 7.33. The van der Waals surface area contributed by atoms with E-state index in [0.717, 1.165) is 11.1 Å². The summed E-state index contributed by atoms with van der Waals surface area (Å²) in [6.45, 7) is 3.12. The highest BCUT2D eigenvalue weighted by Gasteiger charge is 2.37. The molecule has 1 aromatic rings. The van der Waals surface area contributed by atoms with Crippen molar-refractivity contribution in [2.75, 3.05) is 19.8 Å². The molecule has 1 fully saturated rings. The van der Waals surface area contributed by atoms with Crippen LogP contribution in [0.15, 0.2) is 18.2 Å². The van der Waals surface area contributed by atoms with Crippen molar-refractivity contribution < 1.29 is 14.3 Å². The Kier molecular flexibility index (Phi) is 3.90. The minimum atomic E-state index is -0.487. The quantitative estimate of drug-likeness (QED) is 0.844. The summed E-state index contributed by atoms with van der Waals surface area (Å²) in [6.07, 6.45) is 0.224. The molecule has 0 amide bonds. The van der Waals surface area contributed by atoms with Crippen LogP contribution in [0.1, 0.15) is 18.1 Å². The molecule has 0 radical (unpaired) electrons. The molecule has 1 aromatic carbocycles. The predicted molar refractivity (Wildman–Crippen MR) is 68.5 cm³/mol. The summed E-state index contributed by atoms with van der Waals surface area (Å²) in [7, 11) is 0. The van der Waals surface area contributed by atoms with E-state index in [0.29, 0.717) is 24.8 Å². The number of esters is 1. The van der Waals surface area contributed by atoms with Gasteiger partial charge in [-0.1, -0.05) is 23.7 Å². The lowest BCUT2D eigenvalue weighted by Crippen LogP contribution is -2.54. The number of ether oxygens (including phenoxy) is 2. The van der Waals surface area contributed by atoms with Crippen LogP contribution in [-0.4, -0.2) is 25.8 Å². The van der Waals surface area contributed by atoms with E-state index in [4.69, 9.17) is 26.8 Å². The van der Waals surface area contributed by atoms with Crippen molar-refractivity contribution in [2.45, 2.75) is 18.9 Å². The first-order chi connectivity index (χ1) is 8.55. The Morgan fingerprint density at radius 2 is 2.28 bits per heavy atom. The molecule has 0 bridgehead atoms. The van der Waals surface area contributed by atoms with Crippen molar-refractivity contribution in [2.24, 2.45) is 5.73 Å². The van der Waals surface area contributed by atoms with Gasteiger partial charge in [0.25, 0.3) is 0 Å². The standard InChI is InChI=1S/C13H16ClNO3/c1-2-18-12(16)6-9-3-4-10(11(14)5-9)13(15)7-17-8-13/h3-5H,2,6-8,15H2,1H3. The Bertz CT molecular complexity index is 458. The van der Waals surface area contributed by atoms with Crippen LogP contribution in [0.25, 0.3) is 0 Å². The van der Waals surface area contributed by atoms with Crippen molar-refractivity contribution in [3.8, 4) is 0 Å². The molecular weight excluding hydrogens is 254 g/mol. The molecule has 4 nitrogen and oxygen atoms in total. The van der Waals surface area contributed by atoms with Crippen molar-refractivity contribution in [1.29, 1.82) is 0 Å². The fourth-order valence-electron chi connectivity index (χ4n) is 1.93. The first kappa shape index (κ1) is 13.3. The average Bonchev–Trinajstić information content (AvgIpc) is 2.26. The summed E-state index contributed by atoms with van der Waals surface area (Å²) in [6, 6.07) is 5.48. The van der Waals surface area contributed by atoms with Crippen LogP contribution in [0.2, 0.25) is 5.02 Å². The lowest BCUT2D eigenvalue weighted by molar-refractivity contribution is -0.142. The van der Waals surface area contributed by atoms with Crippen LogP contribution in [-0.2, 0) is 26.2 Å². The Balaban J connectivity index is 2.12. The van der Waals surface area contributed by atoms with E-state index in [9.17, 15) is 4.79 Å².